The molecule has 8 nitrogen and oxygen atoms in total. The molecule has 5 rings (SSSR count). The second kappa shape index (κ2) is 9.02. The summed E-state index contributed by atoms with van der Waals surface area (Å²) in [4.78, 5) is 51.7. The van der Waals surface area contributed by atoms with Gasteiger partial charge in [-0.25, -0.2) is 9.80 Å². The van der Waals surface area contributed by atoms with Crippen LogP contribution < -0.4 is 5.32 Å². The predicted octanol–water partition coefficient (Wildman–Crippen LogP) is 3.83. The van der Waals surface area contributed by atoms with Gasteiger partial charge in [-0.2, -0.15) is 5.01 Å². The van der Waals surface area contributed by atoms with Crippen LogP contribution in [0.5, 0.6) is 0 Å². The molecule has 0 radical (unpaired) electrons. The molecule has 2 fully saturated rings. The highest BCUT2D eigenvalue weighted by Crippen LogP contribution is 2.36. The number of urea groups is 1. The quantitative estimate of drug-likeness (QED) is 0.644. The third-order valence-corrected chi connectivity index (χ3v) is 7.45. The van der Waals surface area contributed by atoms with Gasteiger partial charge in [0.05, 0.1) is 27.7 Å². The molecule has 0 aromatic heterocycles. The molecule has 3 aliphatic rings. The summed E-state index contributed by atoms with van der Waals surface area (Å²) in [6.07, 6.45) is 1.92. The summed E-state index contributed by atoms with van der Waals surface area (Å²) in [6.45, 7) is 2.36. The second-order valence-corrected chi connectivity index (χ2v) is 9.51. The number of likely N-dealkylation sites (tertiary alicyclic amines) is 1. The average Bonchev–Trinajstić information content (AvgIpc) is 3.06. The molecule has 0 saturated carbocycles. The minimum atomic E-state index is -0.770. The highest BCUT2D eigenvalue weighted by molar-refractivity contribution is 6.42. The molecule has 0 unspecified atom stereocenters. The van der Waals surface area contributed by atoms with Crippen LogP contribution in [-0.2, 0) is 11.3 Å². The second-order valence-electron chi connectivity index (χ2n) is 8.72. The fourth-order valence-corrected chi connectivity index (χ4v) is 5.30. The number of hydrogen-bond acceptors (Lipinski definition) is 5. The summed E-state index contributed by atoms with van der Waals surface area (Å²) in [5, 5.41) is 5.17. The molecule has 10 heteroatoms. The number of carbonyl (C=O) groups is 4. The summed E-state index contributed by atoms with van der Waals surface area (Å²) < 4.78 is 0. The first-order valence-corrected chi connectivity index (χ1v) is 11.9. The van der Waals surface area contributed by atoms with Gasteiger partial charge < -0.3 is 0 Å². The first kappa shape index (κ1) is 22.8. The Morgan fingerprint density at radius 1 is 0.912 bits per heavy atom. The van der Waals surface area contributed by atoms with E-state index >= 15 is 0 Å². The Hall–Kier alpha value is -2.94. The molecule has 34 heavy (non-hydrogen) atoms. The lowest BCUT2D eigenvalue weighted by molar-refractivity contribution is -0.122. The van der Waals surface area contributed by atoms with Gasteiger partial charge in [0, 0.05) is 13.0 Å². The summed E-state index contributed by atoms with van der Waals surface area (Å²) in [5.74, 6) is -1.20. The van der Waals surface area contributed by atoms with Gasteiger partial charge in [-0.3, -0.25) is 24.6 Å². The summed E-state index contributed by atoms with van der Waals surface area (Å²) >= 11 is 12.6. The lowest BCUT2D eigenvalue weighted by Crippen LogP contribution is -2.58. The first-order chi connectivity index (χ1) is 16.3. The van der Waals surface area contributed by atoms with Crippen molar-refractivity contribution in [1.29, 1.82) is 0 Å². The fourth-order valence-electron chi connectivity index (χ4n) is 4.84. The minimum Gasteiger partial charge on any atom is -0.299 e. The van der Waals surface area contributed by atoms with Gasteiger partial charge in [-0.05, 0) is 61.2 Å². The molecule has 0 atom stereocenters. The van der Waals surface area contributed by atoms with E-state index in [2.05, 4.69) is 10.2 Å². The molecule has 2 aromatic carbocycles. The maximum Gasteiger partial charge on any atom is 0.343 e. The highest BCUT2D eigenvalue weighted by atomic mass is 35.5. The van der Waals surface area contributed by atoms with Crippen molar-refractivity contribution in [3.8, 4) is 0 Å². The van der Waals surface area contributed by atoms with Crippen molar-refractivity contribution in [2.24, 2.45) is 0 Å². The maximum atomic E-state index is 13.0. The molecular weight excluding hydrogens is 479 g/mol. The van der Waals surface area contributed by atoms with Crippen LogP contribution in [-0.4, -0.2) is 58.3 Å². The van der Waals surface area contributed by atoms with E-state index in [1.807, 2.05) is 18.2 Å². The highest BCUT2D eigenvalue weighted by Gasteiger charge is 2.43. The van der Waals surface area contributed by atoms with Crippen LogP contribution in [0.1, 0.15) is 57.0 Å². The number of rotatable bonds is 4. The van der Waals surface area contributed by atoms with Gasteiger partial charge in [0.15, 0.2) is 0 Å². The van der Waals surface area contributed by atoms with Gasteiger partial charge >= 0.3 is 6.03 Å². The number of fused-ring (bicyclic) bond motifs is 1. The number of nitrogens with one attached hydrogen (secondary N) is 1. The molecule has 3 aliphatic heterocycles. The van der Waals surface area contributed by atoms with E-state index in [0.717, 1.165) is 47.1 Å². The van der Waals surface area contributed by atoms with Crippen molar-refractivity contribution in [1.82, 2.24) is 20.2 Å². The summed E-state index contributed by atoms with van der Waals surface area (Å²) in [6, 6.07) is 10.2. The van der Waals surface area contributed by atoms with Crippen molar-refractivity contribution < 1.29 is 19.2 Å². The van der Waals surface area contributed by atoms with Crippen molar-refractivity contribution >= 4 is 47.0 Å². The lowest BCUT2D eigenvalue weighted by Gasteiger charge is -2.32. The van der Waals surface area contributed by atoms with Crippen LogP contribution in [0.2, 0.25) is 10.0 Å². The Kier molecular flexibility index (Phi) is 6.06. The van der Waals surface area contributed by atoms with Gasteiger partial charge in [-0.1, -0.05) is 41.4 Å². The van der Waals surface area contributed by atoms with Crippen LogP contribution in [0, 0.1) is 0 Å². The Bertz CT molecular complexity index is 1210. The molecular formula is C24H22Cl2N4O4. The third-order valence-electron chi connectivity index (χ3n) is 6.62. The van der Waals surface area contributed by atoms with Gasteiger partial charge in [0.2, 0.25) is 5.91 Å². The van der Waals surface area contributed by atoms with Crippen molar-refractivity contribution in [3.63, 3.8) is 0 Å². The number of amides is 5. The number of hydrogen-bond donors (Lipinski definition) is 1. The van der Waals surface area contributed by atoms with Crippen molar-refractivity contribution in [2.45, 2.75) is 31.7 Å². The standard InChI is InChI=1S/C24H22Cl2N4O4/c25-19-3-1-2-16(21(19)26)15-6-9-28(10-7-15)13-14-4-5-17-18(12-14)23(33)30(22(17)32)29-11-8-20(31)27-24(29)34/h1-5,12,15H,6-11,13H2,(H,27,31,34). The van der Waals surface area contributed by atoms with Crippen LogP contribution in [0.15, 0.2) is 36.4 Å². The van der Waals surface area contributed by atoms with E-state index in [1.165, 1.54) is 0 Å². The Morgan fingerprint density at radius 3 is 2.38 bits per heavy atom. The molecule has 0 aliphatic carbocycles. The zero-order valence-electron chi connectivity index (χ0n) is 18.2. The van der Waals surface area contributed by atoms with Crippen LogP contribution in [0.4, 0.5) is 4.79 Å². The topological polar surface area (TPSA) is 90.0 Å². The number of benzene rings is 2. The van der Waals surface area contributed by atoms with E-state index < -0.39 is 23.8 Å². The number of halogens is 2. The van der Waals surface area contributed by atoms with Crippen LogP contribution >= 0.6 is 23.2 Å². The molecule has 0 bridgehead atoms. The zero-order chi connectivity index (χ0) is 24.0. The van der Waals surface area contributed by atoms with Crippen molar-refractivity contribution in [3.05, 3.63) is 68.7 Å². The molecule has 3 heterocycles. The van der Waals surface area contributed by atoms with Crippen LogP contribution in [0.3, 0.4) is 0 Å². The number of imide groups is 2. The van der Waals surface area contributed by atoms with E-state index in [-0.39, 0.29) is 24.1 Å². The number of nitrogens with zero attached hydrogens (tertiary/aromatic N) is 3. The van der Waals surface area contributed by atoms with E-state index in [1.54, 1.807) is 18.2 Å². The molecule has 5 amide bonds. The lowest BCUT2D eigenvalue weighted by atomic mass is 9.89. The van der Waals surface area contributed by atoms with E-state index in [9.17, 15) is 19.2 Å². The van der Waals surface area contributed by atoms with Crippen LogP contribution in [0.25, 0.3) is 0 Å². The largest absolute Gasteiger partial charge is 0.343 e. The smallest absolute Gasteiger partial charge is 0.299 e. The van der Waals surface area contributed by atoms with Crippen molar-refractivity contribution in [2.75, 3.05) is 19.6 Å². The average molecular weight is 501 g/mol. The molecule has 176 valence electrons. The van der Waals surface area contributed by atoms with E-state index in [4.69, 9.17) is 23.2 Å². The van der Waals surface area contributed by atoms with Gasteiger partial charge in [0.1, 0.15) is 0 Å². The zero-order valence-corrected chi connectivity index (χ0v) is 19.7. The number of piperidine rings is 1. The molecule has 1 N–H and O–H groups in total. The van der Waals surface area contributed by atoms with Gasteiger partial charge in [0.25, 0.3) is 11.8 Å². The minimum absolute atomic E-state index is 0.0193. The predicted molar refractivity (Wildman–Crippen MR) is 126 cm³/mol. The maximum absolute atomic E-state index is 13.0. The van der Waals surface area contributed by atoms with Gasteiger partial charge in [-0.15, -0.1) is 0 Å². The van der Waals surface area contributed by atoms with E-state index in [0.29, 0.717) is 22.5 Å². The molecule has 0 spiro atoms. The molecule has 2 aromatic rings. The monoisotopic (exact) mass is 500 g/mol. The first-order valence-electron chi connectivity index (χ1n) is 11.1. The normalized spacial score (nSPS) is 19.6. The third kappa shape index (κ3) is 4.06. The fraction of sp³-hybridized carbons (Fsp3) is 0.333. The summed E-state index contributed by atoms with van der Waals surface area (Å²) in [7, 11) is 0. The number of carbonyl (C=O) groups excluding carboxylic acids is 4. The molecule has 2 saturated heterocycles. The Labute approximate surface area is 206 Å². The number of hydrazine groups is 1. The summed E-state index contributed by atoms with van der Waals surface area (Å²) in [5.41, 5.74) is 2.53. The SMILES string of the molecule is O=C1CCN(N2C(=O)c3ccc(CN4CCC(c5cccc(Cl)c5Cl)CC4)cc3C2=O)C(=O)N1. The Balaban J connectivity index is 1.26. The Morgan fingerprint density at radius 2 is 1.65 bits per heavy atom.